The lowest BCUT2D eigenvalue weighted by molar-refractivity contribution is -0.128. The third-order valence-electron chi connectivity index (χ3n) is 4.38. The maximum Gasteiger partial charge on any atom is 0.223 e. The standard InChI is InChI=1S/C16H20FNO3S/c17-12-1-3-14(4-2-12)22(20)15-9-11(10-15)16(19)18-13-5-7-21-8-6-13/h1-4,11,13,15H,5-10H2,(H,18,19). The molecule has 1 saturated heterocycles. The number of hydrogen-bond acceptors (Lipinski definition) is 3. The van der Waals surface area contributed by atoms with E-state index in [2.05, 4.69) is 5.32 Å². The summed E-state index contributed by atoms with van der Waals surface area (Å²) in [6.07, 6.45) is 3.00. The molecule has 1 saturated carbocycles. The summed E-state index contributed by atoms with van der Waals surface area (Å²) in [7, 11) is -1.16. The minimum Gasteiger partial charge on any atom is -0.381 e. The van der Waals surface area contributed by atoms with Crippen molar-refractivity contribution in [3.8, 4) is 0 Å². The first kappa shape index (κ1) is 15.6. The van der Waals surface area contributed by atoms with Gasteiger partial charge in [-0.05, 0) is 49.9 Å². The van der Waals surface area contributed by atoms with Gasteiger partial charge < -0.3 is 10.1 Å². The lowest BCUT2D eigenvalue weighted by Gasteiger charge is -2.35. The van der Waals surface area contributed by atoms with Gasteiger partial charge in [-0.25, -0.2) is 4.39 Å². The summed E-state index contributed by atoms with van der Waals surface area (Å²) in [6.45, 7) is 1.40. The van der Waals surface area contributed by atoms with Crippen molar-refractivity contribution in [1.82, 2.24) is 5.32 Å². The Morgan fingerprint density at radius 3 is 2.45 bits per heavy atom. The molecule has 1 aromatic rings. The highest BCUT2D eigenvalue weighted by atomic mass is 32.2. The van der Waals surface area contributed by atoms with E-state index in [4.69, 9.17) is 4.74 Å². The zero-order valence-corrected chi connectivity index (χ0v) is 13.1. The summed E-state index contributed by atoms with van der Waals surface area (Å²) in [5, 5.41) is 3.06. The van der Waals surface area contributed by atoms with Crippen LogP contribution in [-0.2, 0) is 20.3 Å². The van der Waals surface area contributed by atoms with Crippen LogP contribution >= 0.6 is 0 Å². The van der Waals surface area contributed by atoms with Crippen molar-refractivity contribution in [3.05, 3.63) is 30.1 Å². The fourth-order valence-electron chi connectivity index (χ4n) is 2.88. The van der Waals surface area contributed by atoms with Crippen LogP contribution in [0, 0.1) is 11.7 Å². The molecule has 0 bridgehead atoms. The molecule has 120 valence electrons. The second-order valence-corrected chi connectivity index (χ2v) is 7.67. The van der Waals surface area contributed by atoms with Crippen molar-refractivity contribution < 1.29 is 18.1 Å². The summed E-state index contributed by atoms with van der Waals surface area (Å²) in [5.41, 5.74) is 0. The highest BCUT2D eigenvalue weighted by Crippen LogP contribution is 2.34. The van der Waals surface area contributed by atoms with Gasteiger partial charge in [-0.1, -0.05) is 0 Å². The van der Waals surface area contributed by atoms with E-state index >= 15 is 0 Å². The zero-order chi connectivity index (χ0) is 15.5. The Labute approximate surface area is 131 Å². The predicted molar refractivity (Wildman–Crippen MR) is 81.3 cm³/mol. The molecule has 1 unspecified atom stereocenters. The minimum atomic E-state index is -1.16. The molecular weight excluding hydrogens is 305 g/mol. The molecule has 22 heavy (non-hydrogen) atoms. The Morgan fingerprint density at radius 2 is 1.82 bits per heavy atom. The molecule has 4 nitrogen and oxygen atoms in total. The Morgan fingerprint density at radius 1 is 1.18 bits per heavy atom. The van der Waals surface area contributed by atoms with Crippen LogP contribution in [0.25, 0.3) is 0 Å². The third kappa shape index (κ3) is 3.55. The zero-order valence-electron chi connectivity index (χ0n) is 12.3. The molecule has 0 spiro atoms. The van der Waals surface area contributed by atoms with Crippen molar-refractivity contribution in [1.29, 1.82) is 0 Å². The van der Waals surface area contributed by atoms with Crippen molar-refractivity contribution in [3.63, 3.8) is 0 Å². The Hall–Kier alpha value is -1.27. The predicted octanol–water partition coefficient (Wildman–Crippen LogP) is 2.01. The number of nitrogens with one attached hydrogen (secondary N) is 1. The normalized spacial score (nSPS) is 27.0. The van der Waals surface area contributed by atoms with Gasteiger partial charge in [-0.2, -0.15) is 0 Å². The van der Waals surface area contributed by atoms with E-state index < -0.39 is 10.8 Å². The topological polar surface area (TPSA) is 55.4 Å². The van der Waals surface area contributed by atoms with Crippen LogP contribution in [0.5, 0.6) is 0 Å². The number of carbonyl (C=O) groups is 1. The highest BCUT2D eigenvalue weighted by molar-refractivity contribution is 7.85. The number of rotatable bonds is 4. The summed E-state index contributed by atoms with van der Waals surface area (Å²) in [5.74, 6) is -0.306. The summed E-state index contributed by atoms with van der Waals surface area (Å²) in [6, 6.07) is 5.97. The molecule has 1 aliphatic carbocycles. The number of ether oxygens (including phenoxy) is 1. The summed E-state index contributed by atoms with van der Waals surface area (Å²) in [4.78, 5) is 12.8. The maximum atomic E-state index is 12.9. The van der Waals surface area contributed by atoms with E-state index in [1.165, 1.54) is 12.1 Å². The molecule has 2 fully saturated rings. The van der Waals surface area contributed by atoms with Crippen LogP contribution in [0.1, 0.15) is 25.7 Å². The number of carbonyl (C=O) groups excluding carboxylic acids is 1. The van der Waals surface area contributed by atoms with Gasteiger partial charge in [0.15, 0.2) is 0 Å². The molecule has 6 heteroatoms. The molecule has 1 amide bonds. The summed E-state index contributed by atoms with van der Waals surface area (Å²) >= 11 is 0. The van der Waals surface area contributed by atoms with Crippen LogP contribution < -0.4 is 5.32 Å². The van der Waals surface area contributed by atoms with E-state index in [0.29, 0.717) is 31.0 Å². The van der Waals surface area contributed by atoms with Crippen LogP contribution in [0.4, 0.5) is 4.39 Å². The quantitative estimate of drug-likeness (QED) is 0.921. The van der Waals surface area contributed by atoms with Gasteiger partial charge in [0.25, 0.3) is 0 Å². The van der Waals surface area contributed by atoms with E-state index in [-0.39, 0.29) is 28.9 Å². The van der Waals surface area contributed by atoms with Crippen molar-refractivity contribution in [2.75, 3.05) is 13.2 Å². The molecule has 0 aromatic heterocycles. The molecule has 3 rings (SSSR count). The van der Waals surface area contributed by atoms with Gasteiger partial charge in [0, 0.05) is 35.3 Å². The van der Waals surface area contributed by atoms with Crippen molar-refractivity contribution in [2.24, 2.45) is 5.92 Å². The lowest BCUT2D eigenvalue weighted by Crippen LogP contribution is -2.47. The van der Waals surface area contributed by atoms with Gasteiger partial charge in [-0.3, -0.25) is 9.00 Å². The largest absolute Gasteiger partial charge is 0.381 e. The van der Waals surface area contributed by atoms with Crippen molar-refractivity contribution in [2.45, 2.75) is 41.9 Å². The fourth-order valence-corrected chi connectivity index (χ4v) is 4.48. The average molecular weight is 325 g/mol. The van der Waals surface area contributed by atoms with Gasteiger partial charge in [-0.15, -0.1) is 0 Å². The van der Waals surface area contributed by atoms with Crippen LogP contribution in [0.3, 0.4) is 0 Å². The second kappa shape index (κ2) is 6.87. The Balaban J connectivity index is 1.47. The number of amides is 1. The molecular formula is C16H20FNO3S. The first-order valence-electron chi connectivity index (χ1n) is 7.68. The van der Waals surface area contributed by atoms with Crippen LogP contribution in [0.2, 0.25) is 0 Å². The van der Waals surface area contributed by atoms with E-state index in [1.54, 1.807) is 12.1 Å². The number of benzene rings is 1. The highest BCUT2D eigenvalue weighted by Gasteiger charge is 2.39. The monoisotopic (exact) mass is 325 g/mol. The summed E-state index contributed by atoms with van der Waals surface area (Å²) < 4.78 is 30.5. The average Bonchev–Trinajstić information content (AvgIpc) is 2.47. The van der Waals surface area contributed by atoms with Crippen LogP contribution in [-0.4, -0.2) is 34.6 Å². The third-order valence-corrected chi connectivity index (χ3v) is 6.11. The lowest BCUT2D eigenvalue weighted by atomic mass is 9.83. The van der Waals surface area contributed by atoms with Gasteiger partial charge in [0.1, 0.15) is 5.82 Å². The van der Waals surface area contributed by atoms with Crippen molar-refractivity contribution >= 4 is 16.7 Å². The first-order valence-corrected chi connectivity index (χ1v) is 8.89. The molecule has 0 radical (unpaired) electrons. The van der Waals surface area contributed by atoms with Gasteiger partial charge in [0.2, 0.25) is 5.91 Å². The smallest absolute Gasteiger partial charge is 0.223 e. The van der Waals surface area contributed by atoms with Crippen LogP contribution in [0.15, 0.2) is 29.2 Å². The molecule has 2 aliphatic rings. The minimum absolute atomic E-state index is 0.00380. The first-order chi connectivity index (χ1) is 10.6. The van der Waals surface area contributed by atoms with Gasteiger partial charge >= 0.3 is 0 Å². The molecule has 1 heterocycles. The number of hydrogen-bond donors (Lipinski definition) is 1. The Kier molecular flexibility index (Phi) is 4.88. The molecule has 1 N–H and O–H groups in total. The SMILES string of the molecule is O=C(NC1CCOCC1)C1CC(S(=O)c2ccc(F)cc2)C1. The van der Waals surface area contributed by atoms with E-state index in [9.17, 15) is 13.4 Å². The van der Waals surface area contributed by atoms with E-state index in [1.807, 2.05) is 0 Å². The second-order valence-electron chi connectivity index (χ2n) is 5.94. The Bertz CT molecular complexity index is 551. The molecule has 1 aromatic carbocycles. The van der Waals surface area contributed by atoms with E-state index in [0.717, 1.165) is 12.8 Å². The van der Waals surface area contributed by atoms with Gasteiger partial charge in [0.05, 0.1) is 10.8 Å². The molecule has 1 aliphatic heterocycles. The molecule has 1 atom stereocenters. The number of halogens is 1. The fraction of sp³-hybridized carbons (Fsp3) is 0.562. The maximum absolute atomic E-state index is 12.9.